The minimum atomic E-state index is -0.479. The molecule has 0 saturated heterocycles. The summed E-state index contributed by atoms with van der Waals surface area (Å²) in [4.78, 5) is 16.1. The molecule has 0 bridgehead atoms. The Labute approximate surface area is 127 Å². The lowest BCUT2D eigenvalue weighted by Gasteiger charge is -2.23. The van der Waals surface area contributed by atoms with Gasteiger partial charge in [-0.15, -0.1) is 0 Å². The predicted molar refractivity (Wildman–Crippen MR) is 82.1 cm³/mol. The zero-order valence-electron chi connectivity index (χ0n) is 13.8. The van der Waals surface area contributed by atoms with E-state index in [-0.39, 0.29) is 12.1 Å². The van der Waals surface area contributed by atoms with E-state index in [1.165, 1.54) is 0 Å². The number of carbonyl (C=O) groups excluding carboxylic acids is 1. The molecule has 0 aliphatic rings. The standard InChI is InChI=1S/C16H26N2O3/c1-11(2)20-14-13(8-7-9-17-14)10-18-12(3)15(19)21-16(4,5)6/h7-9,11-12,18H,10H2,1-6H3. The maximum absolute atomic E-state index is 11.9. The molecule has 1 atom stereocenters. The molecule has 0 spiro atoms. The van der Waals surface area contributed by atoms with E-state index in [1.54, 1.807) is 13.1 Å². The van der Waals surface area contributed by atoms with Gasteiger partial charge in [-0.25, -0.2) is 4.98 Å². The number of aromatic nitrogens is 1. The van der Waals surface area contributed by atoms with Gasteiger partial charge in [0, 0.05) is 18.3 Å². The monoisotopic (exact) mass is 294 g/mol. The molecule has 0 fully saturated rings. The van der Waals surface area contributed by atoms with Crippen molar-refractivity contribution >= 4 is 5.97 Å². The summed E-state index contributed by atoms with van der Waals surface area (Å²) in [7, 11) is 0. The molecular formula is C16H26N2O3. The highest BCUT2D eigenvalue weighted by molar-refractivity contribution is 5.75. The number of hydrogen-bond donors (Lipinski definition) is 1. The number of esters is 1. The summed E-state index contributed by atoms with van der Waals surface area (Å²) >= 11 is 0. The van der Waals surface area contributed by atoms with E-state index in [2.05, 4.69) is 10.3 Å². The zero-order chi connectivity index (χ0) is 16.0. The van der Waals surface area contributed by atoms with Crippen molar-refractivity contribution in [2.75, 3.05) is 0 Å². The van der Waals surface area contributed by atoms with E-state index in [1.807, 2.05) is 46.8 Å². The number of hydrogen-bond acceptors (Lipinski definition) is 5. The summed E-state index contributed by atoms with van der Waals surface area (Å²) in [5.41, 5.74) is 0.439. The van der Waals surface area contributed by atoms with E-state index in [9.17, 15) is 4.79 Å². The summed E-state index contributed by atoms with van der Waals surface area (Å²) in [6.45, 7) is 11.8. The molecule has 0 aliphatic heterocycles. The second kappa shape index (κ2) is 7.41. The molecule has 1 aromatic rings. The van der Waals surface area contributed by atoms with Crippen molar-refractivity contribution in [3.8, 4) is 5.88 Å². The van der Waals surface area contributed by atoms with E-state index < -0.39 is 11.6 Å². The molecule has 1 heterocycles. The third-order valence-corrected chi connectivity index (χ3v) is 2.56. The van der Waals surface area contributed by atoms with Gasteiger partial charge in [0.05, 0.1) is 6.10 Å². The smallest absolute Gasteiger partial charge is 0.323 e. The van der Waals surface area contributed by atoms with Crippen molar-refractivity contribution in [1.29, 1.82) is 0 Å². The van der Waals surface area contributed by atoms with Crippen molar-refractivity contribution in [3.63, 3.8) is 0 Å². The Kier molecular flexibility index (Phi) is 6.15. The van der Waals surface area contributed by atoms with Crippen LogP contribution in [0.25, 0.3) is 0 Å². The number of nitrogens with one attached hydrogen (secondary N) is 1. The molecule has 0 saturated carbocycles. The lowest BCUT2D eigenvalue weighted by atomic mass is 10.2. The first-order valence-corrected chi connectivity index (χ1v) is 7.26. The first-order chi connectivity index (χ1) is 9.69. The summed E-state index contributed by atoms with van der Waals surface area (Å²) in [5.74, 6) is 0.328. The first-order valence-electron chi connectivity index (χ1n) is 7.26. The number of rotatable bonds is 6. The fourth-order valence-corrected chi connectivity index (χ4v) is 1.62. The maximum Gasteiger partial charge on any atom is 0.323 e. The van der Waals surface area contributed by atoms with Crippen LogP contribution in [0.1, 0.15) is 47.1 Å². The normalized spacial score (nSPS) is 13.1. The van der Waals surface area contributed by atoms with Crippen molar-refractivity contribution in [3.05, 3.63) is 23.9 Å². The molecular weight excluding hydrogens is 268 g/mol. The van der Waals surface area contributed by atoms with Crippen LogP contribution < -0.4 is 10.1 Å². The molecule has 0 radical (unpaired) electrons. The fourth-order valence-electron chi connectivity index (χ4n) is 1.62. The van der Waals surface area contributed by atoms with Gasteiger partial charge in [-0.2, -0.15) is 0 Å². The molecule has 5 nitrogen and oxygen atoms in total. The SMILES string of the molecule is CC(C)Oc1ncccc1CNC(C)C(=O)OC(C)(C)C. The molecule has 21 heavy (non-hydrogen) atoms. The average Bonchev–Trinajstić information content (AvgIpc) is 2.34. The number of ether oxygens (including phenoxy) is 2. The largest absolute Gasteiger partial charge is 0.475 e. The van der Waals surface area contributed by atoms with Crippen LogP contribution in [0.4, 0.5) is 0 Å². The Morgan fingerprint density at radius 1 is 1.33 bits per heavy atom. The number of pyridine rings is 1. The van der Waals surface area contributed by atoms with Crippen LogP contribution in [-0.2, 0) is 16.1 Å². The highest BCUT2D eigenvalue weighted by Crippen LogP contribution is 2.16. The quantitative estimate of drug-likeness (QED) is 0.817. The Bertz CT molecular complexity index is 467. The summed E-state index contributed by atoms with van der Waals surface area (Å²) < 4.78 is 11.0. The highest BCUT2D eigenvalue weighted by atomic mass is 16.6. The molecule has 1 rings (SSSR count). The number of carbonyl (C=O) groups is 1. The van der Waals surface area contributed by atoms with Crippen LogP contribution >= 0.6 is 0 Å². The third-order valence-electron chi connectivity index (χ3n) is 2.56. The molecule has 0 aliphatic carbocycles. The minimum absolute atomic E-state index is 0.0573. The third kappa shape index (κ3) is 6.58. The van der Waals surface area contributed by atoms with Gasteiger partial charge in [0.25, 0.3) is 0 Å². The van der Waals surface area contributed by atoms with Gasteiger partial charge in [0.2, 0.25) is 5.88 Å². The van der Waals surface area contributed by atoms with Crippen LogP contribution in [0, 0.1) is 0 Å². The van der Waals surface area contributed by atoms with Crippen molar-refractivity contribution in [1.82, 2.24) is 10.3 Å². The van der Waals surface area contributed by atoms with Crippen molar-refractivity contribution in [2.24, 2.45) is 0 Å². The van der Waals surface area contributed by atoms with E-state index in [0.29, 0.717) is 12.4 Å². The first kappa shape index (κ1) is 17.4. The van der Waals surface area contributed by atoms with Crippen LogP contribution in [0.15, 0.2) is 18.3 Å². The molecule has 1 unspecified atom stereocenters. The van der Waals surface area contributed by atoms with E-state index in [0.717, 1.165) is 5.56 Å². The molecule has 118 valence electrons. The molecule has 1 N–H and O–H groups in total. The minimum Gasteiger partial charge on any atom is -0.475 e. The zero-order valence-corrected chi connectivity index (χ0v) is 13.8. The molecule has 1 aromatic heterocycles. The van der Waals surface area contributed by atoms with Gasteiger partial charge >= 0.3 is 5.97 Å². The predicted octanol–water partition coefficient (Wildman–Crippen LogP) is 2.69. The summed E-state index contributed by atoms with van der Waals surface area (Å²) in [6, 6.07) is 3.39. The van der Waals surface area contributed by atoms with Gasteiger partial charge in [0.1, 0.15) is 11.6 Å². The molecule has 0 amide bonds. The molecule has 5 heteroatoms. The van der Waals surface area contributed by atoms with Gasteiger partial charge in [-0.1, -0.05) is 6.07 Å². The Hall–Kier alpha value is -1.62. The van der Waals surface area contributed by atoms with Gasteiger partial charge in [-0.05, 0) is 47.6 Å². The summed E-state index contributed by atoms with van der Waals surface area (Å²) in [6.07, 6.45) is 1.75. The van der Waals surface area contributed by atoms with Crippen LogP contribution in [0.3, 0.4) is 0 Å². The highest BCUT2D eigenvalue weighted by Gasteiger charge is 2.21. The van der Waals surface area contributed by atoms with Crippen LogP contribution in [0.5, 0.6) is 5.88 Å². The van der Waals surface area contributed by atoms with Crippen LogP contribution in [0.2, 0.25) is 0 Å². The Morgan fingerprint density at radius 2 is 2.00 bits per heavy atom. The van der Waals surface area contributed by atoms with Gasteiger partial charge < -0.3 is 14.8 Å². The average molecular weight is 294 g/mol. The van der Waals surface area contributed by atoms with Crippen LogP contribution in [-0.4, -0.2) is 28.7 Å². The fraction of sp³-hybridized carbons (Fsp3) is 0.625. The van der Waals surface area contributed by atoms with E-state index >= 15 is 0 Å². The Morgan fingerprint density at radius 3 is 2.57 bits per heavy atom. The maximum atomic E-state index is 11.9. The Balaban J connectivity index is 2.61. The molecule has 0 aromatic carbocycles. The number of nitrogens with zero attached hydrogens (tertiary/aromatic N) is 1. The summed E-state index contributed by atoms with van der Waals surface area (Å²) in [5, 5.41) is 3.14. The lowest BCUT2D eigenvalue weighted by Crippen LogP contribution is -2.38. The second-order valence-electron chi connectivity index (χ2n) is 6.27. The van der Waals surface area contributed by atoms with E-state index in [4.69, 9.17) is 9.47 Å². The van der Waals surface area contributed by atoms with Crippen molar-refractivity contribution < 1.29 is 14.3 Å². The van der Waals surface area contributed by atoms with Gasteiger partial charge in [0.15, 0.2) is 0 Å². The topological polar surface area (TPSA) is 60.5 Å². The lowest BCUT2D eigenvalue weighted by molar-refractivity contribution is -0.157. The van der Waals surface area contributed by atoms with Crippen molar-refractivity contribution in [2.45, 2.75) is 65.8 Å². The second-order valence-corrected chi connectivity index (χ2v) is 6.27. The van der Waals surface area contributed by atoms with Gasteiger partial charge in [-0.3, -0.25) is 4.79 Å².